The standard InChI is InChI=1S/C13H18N2O2/c1-9(8-16)10(2)15-13-6-12(17-3)5-4-11(13)7-14/h4-6,9-10,15-16H,8H2,1-3H3. The summed E-state index contributed by atoms with van der Waals surface area (Å²) in [4.78, 5) is 0. The smallest absolute Gasteiger partial charge is 0.121 e. The van der Waals surface area contributed by atoms with Crippen molar-refractivity contribution in [2.24, 2.45) is 5.92 Å². The molecule has 0 heterocycles. The van der Waals surface area contributed by atoms with Gasteiger partial charge in [0.05, 0.1) is 18.4 Å². The van der Waals surface area contributed by atoms with Crippen molar-refractivity contribution < 1.29 is 9.84 Å². The minimum atomic E-state index is 0.0826. The highest BCUT2D eigenvalue weighted by molar-refractivity contribution is 5.60. The molecule has 1 rings (SSSR count). The molecule has 0 saturated carbocycles. The monoisotopic (exact) mass is 234 g/mol. The second-order valence-corrected chi connectivity index (χ2v) is 4.12. The number of anilines is 1. The van der Waals surface area contributed by atoms with Gasteiger partial charge in [0.1, 0.15) is 11.8 Å². The number of benzene rings is 1. The van der Waals surface area contributed by atoms with Crippen molar-refractivity contribution in [3.63, 3.8) is 0 Å². The predicted molar refractivity (Wildman–Crippen MR) is 67.0 cm³/mol. The molecular weight excluding hydrogens is 216 g/mol. The summed E-state index contributed by atoms with van der Waals surface area (Å²) in [6.45, 7) is 4.03. The Labute approximate surface area is 102 Å². The summed E-state index contributed by atoms with van der Waals surface area (Å²) in [6, 6.07) is 7.48. The molecule has 4 nitrogen and oxygen atoms in total. The molecule has 0 radical (unpaired) electrons. The van der Waals surface area contributed by atoms with Gasteiger partial charge in [-0.3, -0.25) is 0 Å². The van der Waals surface area contributed by atoms with E-state index in [4.69, 9.17) is 15.1 Å². The molecule has 2 atom stereocenters. The molecule has 0 spiro atoms. The van der Waals surface area contributed by atoms with Crippen LogP contribution < -0.4 is 10.1 Å². The van der Waals surface area contributed by atoms with Crippen LogP contribution in [0.4, 0.5) is 5.69 Å². The molecule has 0 fully saturated rings. The van der Waals surface area contributed by atoms with Crippen LogP contribution in [0.3, 0.4) is 0 Å². The fraction of sp³-hybridized carbons (Fsp3) is 0.462. The summed E-state index contributed by atoms with van der Waals surface area (Å²) in [6.07, 6.45) is 0. The van der Waals surface area contributed by atoms with Gasteiger partial charge in [0.15, 0.2) is 0 Å². The fourth-order valence-electron chi connectivity index (χ4n) is 1.41. The Morgan fingerprint density at radius 1 is 1.47 bits per heavy atom. The van der Waals surface area contributed by atoms with Crippen molar-refractivity contribution in [3.8, 4) is 11.8 Å². The van der Waals surface area contributed by atoms with Crippen molar-refractivity contribution in [3.05, 3.63) is 23.8 Å². The molecule has 0 aliphatic rings. The van der Waals surface area contributed by atoms with Gasteiger partial charge < -0.3 is 15.2 Å². The lowest BCUT2D eigenvalue weighted by Crippen LogP contribution is -2.26. The van der Waals surface area contributed by atoms with E-state index in [2.05, 4.69) is 11.4 Å². The molecule has 2 unspecified atom stereocenters. The van der Waals surface area contributed by atoms with Gasteiger partial charge in [0.2, 0.25) is 0 Å². The fourth-order valence-corrected chi connectivity index (χ4v) is 1.41. The molecule has 4 heteroatoms. The first-order chi connectivity index (χ1) is 8.12. The van der Waals surface area contributed by atoms with Crippen LogP contribution in [0.1, 0.15) is 19.4 Å². The molecule has 0 aliphatic carbocycles. The van der Waals surface area contributed by atoms with Gasteiger partial charge in [-0.1, -0.05) is 6.92 Å². The number of nitrogens with zero attached hydrogens (tertiary/aromatic N) is 1. The number of hydrogen-bond donors (Lipinski definition) is 2. The topological polar surface area (TPSA) is 65.3 Å². The van der Waals surface area contributed by atoms with Crippen molar-refractivity contribution in [2.75, 3.05) is 19.0 Å². The summed E-state index contributed by atoms with van der Waals surface area (Å²) in [5.41, 5.74) is 1.31. The molecule has 2 N–H and O–H groups in total. The summed E-state index contributed by atoms with van der Waals surface area (Å²) in [5.74, 6) is 0.822. The Morgan fingerprint density at radius 2 is 2.18 bits per heavy atom. The van der Waals surface area contributed by atoms with E-state index < -0.39 is 0 Å². The number of ether oxygens (including phenoxy) is 1. The summed E-state index contributed by atoms with van der Waals surface area (Å²) in [7, 11) is 1.59. The van der Waals surface area contributed by atoms with E-state index in [1.165, 1.54) is 0 Å². The molecule has 0 aliphatic heterocycles. The van der Waals surface area contributed by atoms with Crippen LogP contribution >= 0.6 is 0 Å². The largest absolute Gasteiger partial charge is 0.497 e. The first kappa shape index (κ1) is 13.3. The Hall–Kier alpha value is -1.73. The molecule has 0 saturated heterocycles. The van der Waals surface area contributed by atoms with Gasteiger partial charge >= 0.3 is 0 Å². The third-order valence-electron chi connectivity index (χ3n) is 2.87. The van der Waals surface area contributed by atoms with Crippen LogP contribution in [0.5, 0.6) is 5.75 Å². The van der Waals surface area contributed by atoms with Crippen LogP contribution in [0, 0.1) is 17.2 Å². The molecule has 0 aromatic heterocycles. The maximum atomic E-state index is 9.08. The number of nitrogens with one attached hydrogen (secondary N) is 1. The zero-order valence-corrected chi connectivity index (χ0v) is 10.4. The Morgan fingerprint density at radius 3 is 2.71 bits per heavy atom. The molecule has 92 valence electrons. The second kappa shape index (κ2) is 6.12. The molecule has 1 aromatic carbocycles. The molecule has 1 aromatic rings. The van der Waals surface area contributed by atoms with Crippen molar-refractivity contribution in [1.82, 2.24) is 0 Å². The number of aliphatic hydroxyl groups is 1. The quantitative estimate of drug-likeness (QED) is 0.817. The van der Waals surface area contributed by atoms with Gasteiger partial charge in [-0.2, -0.15) is 5.26 Å². The number of nitriles is 1. The first-order valence-electron chi connectivity index (χ1n) is 5.58. The van der Waals surface area contributed by atoms with E-state index in [1.54, 1.807) is 25.3 Å². The van der Waals surface area contributed by atoms with Crippen LogP contribution in [0.25, 0.3) is 0 Å². The van der Waals surface area contributed by atoms with E-state index in [1.807, 2.05) is 13.8 Å². The summed E-state index contributed by atoms with van der Waals surface area (Å²) in [5, 5.41) is 21.3. The normalized spacial score (nSPS) is 13.6. The Balaban J connectivity index is 2.92. The van der Waals surface area contributed by atoms with Gasteiger partial charge in [-0.15, -0.1) is 0 Å². The molecule has 0 bridgehead atoms. The van der Waals surface area contributed by atoms with Crippen molar-refractivity contribution in [1.29, 1.82) is 5.26 Å². The SMILES string of the molecule is COc1ccc(C#N)c(NC(C)C(C)CO)c1. The average molecular weight is 234 g/mol. The van der Waals surface area contributed by atoms with Gasteiger partial charge in [0, 0.05) is 18.7 Å². The van der Waals surface area contributed by atoms with E-state index in [0.29, 0.717) is 11.3 Å². The zero-order valence-electron chi connectivity index (χ0n) is 10.4. The lowest BCUT2D eigenvalue weighted by Gasteiger charge is -2.21. The Kier molecular flexibility index (Phi) is 4.80. The highest BCUT2D eigenvalue weighted by Gasteiger charge is 2.13. The van der Waals surface area contributed by atoms with E-state index in [0.717, 1.165) is 5.69 Å². The number of methoxy groups -OCH3 is 1. The van der Waals surface area contributed by atoms with Crippen LogP contribution in [0.2, 0.25) is 0 Å². The van der Waals surface area contributed by atoms with E-state index >= 15 is 0 Å². The average Bonchev–Trinajstić information content (AvgIpc) is 2.37. The first-order valence-corrected chi connectivity index (χ1v) is 5.58. The second-order valence-electron chi connectivity index (χ2n) is 4.12. The summed E-state index contributed by atoms with van der Waals surface area (Å²) >= 11 is 0. The molecular formula is C13H18N2O2. The van der Waals surface area contributed by atoms with Crippen molar-refractivity contribution in [2.45, 2.75) is 19.9 Å². The lowest BCUT2D eigenvalue weighted by atomic mass is 10.0. The third kappa shape index (κ3) is 3.36. The number of aliphatic hydroxyl groups excluding tert-OH is 1. The van der Waals surface area contributed by atoms with Crippen molar-refractivity contribution >= 4 is 5.69 Å². The van der Waals surface area contributed by atoms with Gasteiger partial charge in [-0.05, 0) is 25.0 Å². The van der Waals surface area contributed by atoms with Crippen LogP contribution in [0.15, 0.2) is 18.2 Å². The zero-order chi connectivity index (χ0) is 12.8. The molecule has 17 heavy (non-hydrogen) atoms. The van der Waals surface area contributed by atoms with E-state index in [-0.39, 0.29) is 18.6 Å². The minimum absolute atomic E-state index is 0.0826. The highest BCUT2D eigenvalue weighted by atomic mass is 16.5. The summed E-state index contributed by atoms with van der Waals surface area (Å²) < 4.78 is 5.12. The third-order valence-corrected chi connectivity index (χ3v) is 2.87. The molecule has 0 amide bonds. The minimum Gasteiger partial charge on any atom is -0.497 e. The Bertz CT molecular complexity index is 412. The predicted octanol–water partition coefficient (Wildman–Crippen LogP) is 2.00. The van der Waals surface area contributed by atoms with Crippen LogP contribution in [-0.4, -0.2) is 24.9 Å². The van der Waals surface area contributed by atoms with Crippen LogP contribution in [-0.2, 0) is 0 Å². The van der Waals surface area contributed by atoms with Gasteiger partial charge in [-0.25, -0.2) is 0 Å². The number of rotatable bonds is 5. The number of hydrogen-bond acceptors (Lipinski definition) is 4. The highest BCUT2D eigenvalue weighted by Crippen LogP contribution is 2.23. The maximum Gasteiger partial charge on any atom is 0.121 e. The van der Waals surface area contributed by atoms with E-state index in [9.17, 15) is 0 Å². The lowest BCUT2D eigenvalue weighted by molar-refractivity contribution is 0.226. The van der Waals surface area contributed by atoms with Gasteiger partial charge in [0.25, 0.3) is 0 Å². The maximum absolute atomic E-state index is 9.08.